The first-order valence-corrected chi connectivity index (χ1v) is 24.5. The summed E-state index contributed by atoms with van der Waals surface area (Å²) in [7, 11) is 0. The van der Waals surface area contributed by atoms with Crippen LogP contribution in [-0.2, 0) is 41.6 Å². The molecule has 0 radical (unpaired) electrons. The Bertz CT molecular complexity index is 2500. The Kier molecular flexibility index (Phi) is 18.2. The van der Waals surface area contributed by atoms with E-state index >= 15 is 14.4 Å². The standard InChI is InChI=1S/C56H71N5O7/c1-36(2)30-50(62)56(68-35-38(5)32-43-24-16-22-41-20-10-12-26-45(41)43,55(67)60-49(33-40-18-8-7-9-19-40)52(64)48-28-14-15-29-58-48)61(51(63)31-37(3)4)54(66)39(6)59-53(65)47(57)34-44-25-17-23-42-21-11-13-27-46(42)44/h10-17,20-29,36-40,47,49,52,64H,7-9,18-19,30-35,57H2,1-6H3,(H,59,65)(H,60,67)/t38?,39-,47-,49?,52-,56-/m0/s1. The van der Waals surface area contributed by atoms with Crippen LogP contribution < -0.4 is 16.4 Å². The van der Waals surface area contributed by atoms with E-state index in [1.807, 2.05) is 106 Å². The molecule has 1 aromatic heterocycles. The molecule has 0 spiro atoms. The van der Waals surface area contributed by atoms with Gasteiger partial charge in [0.05, 0.1) is 24.4 Å². The summed E-state index contributed by atoms with van der Waals surface area (Å²) in [6.45, 7) is 10.3. The summed E-state index contributed by atoms with van der Waals surface area (Å²) in [6, 6.07) is 29.2. The zero-order valence-electron chi connectivity index (χ0n) is 40.7. The molecule has 4 aromatic carbocycles. The third-order valence-corrected chi connectivity index (χ3v) is 13.1. The van der Waals surface area contributed by atoms with Gasteiger partial charge in [-0.25, -0.2) is 4.90 Å². The fourth-order valence-electron chi connectivity index (χ4n) is 9.58. The molecule has 5 aromatic rings. The van der Waals surface area contributed by atoms with E-state index in [9.17, 15) is 14.7 Å². The first kappa shape index (κ1) is 51.6. The molecule has 1 saturated carbocycles. The quantitative estimate of drug-likeness (QED) is 0.0391. The minimum absolute atomic E-state index is 0.142. The van der Waals surface area contributed by atoms with Crippen molar-refractivity contribution in [3.63, 3.8) is 0 Å². The summed E-state index contributed by atoms with van der Waals surface area (Å²) in [6.07, 6.45) is 5.64. The zero-order valence-corrected chi connectivity index (χ0v) is 40.7. The SMILES string of the molecule is CC(C)CC(=O)N(C(=O)[C@H](C)NC(=O)[C@@H](N)Cc1cccc2ccccc12)[C@](OCC(C)Cc1cccc2ccccc12)(C(=O)CC(C)C)C(=O)NC(CC1CCCCC1)[C@@H](O)c1ccccn1. The number of ether oxygens (including phenoxy) is 1. The average Bonchev–Trinajstić information content (AvgIpc) is 3.32. The number of carbonyl (C=O) groups excluding carboxylic acids is 5. The highest BCUT2D eigenvalue weighted by Gasteiger charge is 2.58. The number of hydrogen-bond donors (Lipinski definition) is 4. The summed E-state index contributed by atoms with van der Waals surface area (Å²) in [4.78, 5) is 80.5. The third-order valence-electron chi connectivity index (χ3n) is 13.1. The number of benzene rings is 4. The number of aromatic nitrogens is 1. The van der Waals surface area contributed by atoms with E-state index in [0.29, 0.717) is 23.4 Å². The van der Waals surface area contributed by atoms with Crippen LogP contribution in [0.3, 0.4) is 0 Å². The summed E-state index contributed by atoms with van der Waals surface area (Å²) in [5.41, 5.74) is 5.87. The number of carbonyl (C=O) groups is 5. The molecular formula is C56H71N5O7. The van der Waals surface area contributed by atoms with Crippen LogP contribution in [0.1, 0.15) is 116 Å². The number of fused-ring (bicyclic) bond motifs is 2. The van der Waals surface area contributed by atoms with Gasteiger partial charge < -0.3 is 26.2 Å². The zero-order chi connectivity index (χ0) is 49.0. The molecule has 5 N–H and O–H groups in total. The van der Waals surface area contributed by atoms with Crippen LogP contribution in [0.15, 0.2) is 109 Å². The minimum Gasteiger partial charge on any atom is -0.385 e. The third kappa shape index (κ3) is 12.8. The van der Waals surface area contributed by atoms with E-state index in [1.54, 1.807) is 38.2 Å². The largest absolute Gasteiger partial charge is 0.385 e. The Hall–Kier alpha value is -5.82. The number of nitrogens with two attached hydrogens (primary N) is 1. The van der Waals surface area contributed by atoms with Gasteiger partial charge in [0.1, 0.15) is 12.1 Å². The molecule has 12 heteroatoms. The lowest BCUT2D eigenvalue weighted by molar-refractivity contribution is -0.200. The van der Waals surface area contributed by atoms with Gasteiger partial charge in [-0.2, -0.15) is 0 Å². The second kappa shape index (κ2) is 24.0. The number of rotatable bonds is 22. The molecule has 362 valence electrons. The summed E-state index contributed by atoms with van der Waals surface area (Å²) in [5.74, 6) is -5.18. The fraction of sp³-hybridized carbons (Fsp3) is 0.464. The molecule has 6 atom stereocenters. The number of pyridine rings is 1. The molecule has 1 aliphatic rings. The Morgan fingerprint density at radius 3 is 1.90 bits per heavy atom. The Balaban J connectivity index is 1.42. The molecule has 1 aliphatic carbocycles. The molecule has 1 heterocycles. The van der Waals surface area contributed by atoms with E-state index in [0.717, 1.165) is 64.8 Å². The van der Waals surface area contributed by atoms with Crippen molar-refractivity contribution in [2.24, 2.45) is 29.4 Å². The van der Waals surface area contributed by atoms with Crippen LogP contribution in [0, 0.1) is 23.7 Å². The average molecular weight is 926 g/mol. The van der Waals surface area contributed by atoms with Gasteiger partial charge in [-0.05, 0) is 94.7 Å². The topological polar surface area (TPSA) is 181 Å². The van der Waals surface area contributed by atoms with E-state index in [1.165, 1.54) is 6.92 Å². The van der Waals surface area contributed by atoms with Crippen molar-refractivity contribution in [1.82, 2.24) is 20.5 Å². The summed E-state index contributed by atoms with van der Waals surface area (Å²) >= 11 is 0. The van der Waals surface area contributed by atoms with Crippen LogP contribution in [0.2, 0.25) is 0 Å². The van der Waals surface area contributed by atoms with Crippen molar-refractivity contribution in [2.75, 3.05) is 6.61 Å². The predicted octanol–water partition coefficient (Wildman–Crippen LogP) is 8.56. The Morgan fingerprint density at radius 2 is 1.31 bits per heavy atom. The maximum Gasteiger partial charge on any atom is 0.290 e. The lowest BCUT2D eigenvalue weighted by Crippen LogP contribution is -2.71. The lowest BCUT2D eigenvalue weighted by Gasteiger charge is -2.43. The van der Waals surface area contributed by atoms with E-state index in [2.05, 4.69) is 15.6 Å². The number of amides is 4. The number of Topliss-reactive ketones (excluding diaryl/α,β-unsaturated/α-hetero) is 1. The molecule has 1 fully saturated rings. The maximum absolute atomic E-state index is 15.8. The number of imide groups is 1. The van der Waals surface area contributed by atoms with Crippen molar-refractivity contribution in [2.45, 2.75) is 136 Å². The summed E-state index contributed by atoms with van der Waals surface area (Å²) < 4.78 is 6.77. The molecule has 6 rings (SSSR count). The molecule has 0 saturated heterocycles. The van der Waals surface area contributed by atoms with Gasteiger partial charge in [-0.3, -0.25) is 29.0 Å². The molecule has 0 aliphatic heterocycles. The van der Waals surface area contributed by atoms with E-state index < -0.39 is 59.4 Å². The second-order valence-electron chi connectivity index (χ2n) is 19.8. The van der Waals surface area contributed by atoms with Gasteiger partial charge in [0.2, 0.25) is 11.8 Å². The van der Waals surface area contributed by atoms with Crippen LogP contribution in [0.4, 0.5) is 0 Å². The number of nitrogens with one attached hydrogen (secondary N) is 2. The van der Waals surface area contributed by atoms with Gasteiger partial charge in [0, 0.05) is 19.0 Å². The van der Waals surface area contributed by atoms with Crippen molar-refractivity contribution >= 4 is 51.0 Å². The summed E-state index contributed by atoms with van der Waals surface area (Å²) in [5, 5.41) is 21.8. The van der Waals surface area contributed by atoms with Gasteiger partial charge in [-0.1, -0.05) is 158 Å². The van der Waals surface area contributed by atoms with Gasteiger partial charge in [-0.15, -0.1) is 0 Å². The highest BCUT2D eigenvalue weighted by atomic mass is 16.5. The molecular weight excluding hydrogens is 855 g/mol. The lowest BCUT2D eigenvalue weighted by atomic mass is 9.83. The highest BCUT2D eigenvalue weighted by molar-refractivity contribution is 6.16. The van der Waals surface area contributed by atoms with Crippen LogP contribution in [-0.4, -0.2) is 74.9 Å². The monoisotopic (exact) mass is 926 g/mol. The minimum atomic E-state index is -2.85. The normalized spacial score (nSPS) is 16.4. The molecule has 12 nitrogen and oxygen atoms in total. The predicted molar refractivity (Wildman–Crippen MR) is 267 cm³/mol. The number of aliphatic hydroxyl groups excluding tert-OH is 1. The van der Waals surface area contributed by atoms with Crippen molar-refractivity contribution in [1.29, 1.82) is 0 Å². The van der Waals surface area contributed by atoms with E-state index in [4.69, 9.17) is 10.5 Å². The number of nitrogens with zero attached hydrogens (tertiary/aromatic N) is 2. The fourth-order valence-corrected chi connectivity index (χ4v) is 9.58. The first-order chi connectivity index (χ1) is 32.6. The maximum atomic E-state index is 15.8. The molecule has 0 bridgehead atoms. The van der Waals surface area contributed by atoms with Crippen LogP contribution >= 0.6 is 0 Å². The van der Waals surface area contributed by atoms with Gasteiger partial charge >= 0.3 is 0 Å². The van der Waals surface area contributed by atoms with E-state index in [-0.39, 0.29) is 49.5 Å². The van der Waals surface area contributed by atoms with Crippen LogP contribution in [0.25, 0.3) is 21.5 Å². The highest BCUT2D eigenvalue weighted by Crippen LogP contribution is 2.34. The smallest absolute Gasteiger partial charge is 0.290 e. The Labute approximate surface area is 401 Å². The number of hydrogen-bond acceptors (Lipinski definition) is 9. The van der Waals surface area contributed by atoms with Crippen molar-refractivity contribution in [3.8, 4) is 0 Å². The van der Waals surface area contributed by atoms with Crippen molar-refractivity contribution < 1.29 is 33.8 Å². The Morgan fingerprint density at radius 1 is 0.735 bits per heavy atom. The van der Waals surface area contributed by atoms with Gasteiger partial charge in [0.25, 0.3) is 17.5 Å². The second-order valence-corrected chi connectivity index (χ2v) is 19.8. The van der Waals surface area contributed by atoms with Crippen molar-refractivity contribution in [3.05, 3.63) is 126 Å². The molecule has 2 unspecified atom stereocenters. The molecule has 68 heavy (non-hydrogen) atoms. The molecule has 4 amide bonds. The number of ketones is 1. The number of aliphatic hydroxyl groups is 1. The first-order valence-electron chi connectivity index (χ1n) is 24.5. The van der Waals surface area contributed by atoms with Gasteiger partial charge in [0.15, 0.2) is 5.78 Å². The van der Waals surface area contributed by atoms with Crippen LogP contribution in [0.5, 0.6) is 0 Å².